The predicted octanol–water partition coefficient (Wildman–Crippen LogP) is 0.983. The Hall–Kier alpha value is -2.48. The molecule has 0 saturated heterocycles. The van der Waals surface area contributed by atoms with Gasteiger partial charge in [-0.25, -0.2) is 19.8 Å². The highest BCUT2D eigenvalue weighted by Gasteiger charge is 2.18. The molecule has 0 bridgehead atoms. The predicted molar refractivity (Wildman–Crippen MR) is 66.4 cm³/mol. The van der Waals surface area contributed by atoms with Crippen LogP contribution in [0.2, 0.25) is 0 Å². The molecule has 1 heterocycles. The monoisotopic (exact) mass is 266 g/mol. The summed E-state index contributed by atoms with van der Waals surface area (Å²) in [6.07, 6.45) is -1.03. The largest absolute Gasteiger partial charge is 0.464 e. The summed E-state index contributed by atoms with van der Waals surface area (Å²) in [7, 11) is 0. The first-order valence-electron chi connectivity index (χ1n) is 5.44. The first-order valence-corrected chi connectivity index (χ1v) is 5.44. The maximum atomic E-state index is 13.4. The standard InChI is InChI=1S/C11H11FN4O3/c1-2-5-3-6(12)4-7-8(5)9(15-10(17)14-7)16(13)11(18)19/h3-4H,2,13H2,1H3,(H,18,19)(H,14,15,17). The molecule has 2 rings (SSSR count). The van der Waals surface area contributed by atoms with Gasteiger partial charge in [0.15, 0.2) is 5.82 Å². The second kappa shape index (κ2) is 4.65. The van der Waals surface area contributed by atoms with E-state index in [1.807, 2.05) is 0 Å². The van der Waals surface area contributed by atoms with Crippen LogP contribution in [0.3, 0.4) is 0 Å². The number of fused-ring (bicyclic) bond motifs is 1. The number of hydrogen-bond acceptors (Lipinski definition) is 4. The Morgan fingerprint density at radius 2 is 2.26 bits per heavy atom. The van der Waals surface area contributed by atoms with Crippen molar-refractivity contribution in [3.05, 3.63) is 34.0 Å². The van der Waals surface area contributed by atoms with Crippen molar-refractivity contribution >= 4 is 22.8 Å². The number of nitrogens with one attached hydrogen (secondary N) is 1. The fraction of sp³-hybridized carbons (Fsp3) is 0.182. The number of H-pyrrole nitrogens is 1. The summed E-state index contributed by atoms with van der Waals surface area (Å²) in [5.74, 6) is 4.61. The molecule has 0 aliphatic carbocycles. The van der Waals surface area contributed by atoms with Crippen molar-refractivity contribution < 1.29 is 14.3 Å². The van der Waals surface area contributed by atoms with Crippen LogP contribution in [0.1, 0.15) is 12.5 Å². The molecule has 0 saturated carbocycles. The van der Waals surface area contributed by atoms with Crippen LogP contribution in [0.25, 0.3) is 10.9 Å². The van der Waals surface area contributed by atoms with Crippen LogP contribution >= 0.6 is 0 Å². The Kier molecular flexibility index (Phi) is 3.17. The molecule has 0 atom stereocenters. The van der Waals surface area contributed by atoms with Crippen molar-refractivity contribution in [3.63, 3.8) is 0 Å². The first-order chi connectivity index (χ1) is 8.93. The van der Waals surface area contributed by atoms with Crippen LogP contribution in [0.4, 0.5) is 15.0 Å². The Morgan fingerprint density at radius 3 is 2.84 bits per heavy atom. The van der Waals surface area contributed by atoms with Crippen LogP contribution in [-0.2, 0) is 6.42 Å². The number of nitrogens with zero attached hydrogens (tertiary/aromatic N) is 2. The molecule has 0 aliphatic heterocycles. The van der Waals surface area contributed by atoms with E-state index >= 15 is 0 Å². The van der Waals surface area contributed by atoms with E-state index in [-0.39, 0.29) is 11.3 Å². The molecule has 1 aromatic carbocycles. The van der Waals surface area contributed by atoms with Gasteiger partial charge in [0.05, 0.1) is 5.52 Å². The molecule has 1 aromatic heterocycles. The van der Waals surface area contributed by atoms with E-state index in [1.54, 1.807) is 6.92 Å². The molecule has 0 fully saturated rings. The highest BCUT2D eigenvalue weighted by Crippen LogP contribution is 2.26. The van der Waals surface area contributed by atoms with Gasteiger partial charge in [-0.05, 0) is 24.1 Å². The van der Waals surface area contributed by atoms with Crippen LogP contribution in [-0.4, -0.2) is 21.2 Å². The van der Waals surface area contributed by atoms with Crippen LogP contribution in [0.15, 0.2) is 16.9 Å². The van der Waals surface area contributed by atoms with Gasteiger partial charge in [-0.2, -0.15) is 9.99 Å². The van der Waals surface area contributed by atoms with Gasteiger partial charge in [0.25, 0.3) is 0 Å². The van der Waals surface area contributed by atoms with Crippen LogP contribution in [0, 0.1) is 5.82 Å². The number of benzene rings is 1. The van der Waals surface area contributed by atoms with Crippen LogP contribution in [0.5, 0.6) is 0 Å². The van der Waals surface area contributed by atoms with Gasteiger partial charge in [0.1, 0.15) is 5.82 Å². The number of hydrazine groups is 1. The van der Waals surface area contributed by atoms with Gasteiger partial charge in [0.2, 0.25) is 0 Å². The number of amides is 1. The van der Waals surface area contributed by atoms with Gasteiger partial charge in [-0.1, -0.05) is 6.92 Å². The average molecular weight is 266 g/mol. The normalized spacial score (nSPS) is 10.7. The van der Waals surface area contributed by atoms with Crippen molar-refractivity contribution in [3.8, 4) is 0 Å². The van der Waals surface area contributed by atoms with Gasteiger partial charge < -0.3 is 10.1 Å². The number of nitrogens with two attached hydrogens (primary N) is 1. The molecule has 1 amide bonds. The summed E-state index contributed by atoms with van der Waals surface area (Å²) >= 11 is 0. The van der Waals surface area contributed by atoms with Crippen molar-refractivity contribution in [2.24, 2.45) is 5.84 Å². The molecule has 0 spiro atoms. The number of carbonyl (C=O) groups is 1. The second-order valence-corrected chi connectivity index (χ2v) is 3.86. The Bertz CT molecular complexity index is 713. The summed E-state index contributed by atoms with van der Waals surface area (Å²) in [5, 5.41) is 9.53. The molecular weight excluding hydrogens is 255 g/mol. The molecule has 4 N–H and O–H groups in total. The molecule has 0 radical (unpaired) electrons. The number of aromatic amines is 1. The third-order valence-corrected chi connectivity index (χ3v) is 2.67. The van der Waals surface area contributed by atoms with Crippen molar-refractivity contribution in [2.45, 2.75) is 13.3 Å². The minimum absolute atomic E-state index is 0.156. The number of anilines is 1. The summed E-state index contributed by atoms with van der Waals surface area (Å²) in [6, 6.07) is 2.35. The lowest BCUT2D eigenvalue weighted by atomic mass is 10.1. The summed E-state index contributed by atoms with van der Waals surface area (Å²) < 4.78 is 13.4. The van der Waals surface area contributed by atoms with Crippen LogP contribution < -0.4 is 16.5 Å². The van der Waals surface area contributed by atoms with E-state index in [9.17, 15) is 14.0 Å². The minimum Gasteiger partial charge on any atom is -0.464 e. The van der Waals surface area contributed by atoms with Gasteiger partial charge in [-0.3, -0.25) is 0 Å². The SMILES string of the molecule is CCc1cc(F)cc2[nH]c(=O)nc(N(N)C(=O)O)c12. The van der Waals surface area contributed by atoms with Gasteiger partial charge in [-0.15, -0.1) is 0 Å². The molecule has 8 heteroatoms. The second-order valence-electron chi connectivity index (χ2n) is 3.86. The highest BCUT2D eigenvalue weighted by molar-refractivity contribution is 5.98. The molecule has 0 aliphatic rings. The number of rotatable bonds is 2. The zero-order valence-electron chi connectivity index (χ0n) is 9.98. The quantitative estimate of drug-likeness (QED) is 0.426. The lowest BCUT2D eigenvalue weighted by Crippen LogP contribution is -2.38. The summed E-state index contributed by atoms with van der Waals surface area (Å²) in [6.45, 7) is 1.77. The number of hydrogen-bond donors (Lipinski definition) is 3. The lowest BCUT2D eigenvalue weighted by molar-refractivity contribution is 0.202. The van der Waals surface area contributed by atoms with E-state index < -0.39 is 17.6 Å². The zero-order valence-corrected chi connectivity index (χ0v) is 9.98. The number of aryl methyl sites for hydroxylation is 1. The fourth-order valence-electron chi connectivity index (χ4n) is 1.86. The Labute approximate surface area is 106 Å². The molecular formula is C11H11FN4O3. The molecule has 0 unspecified atom stereocenters. The minimum atomic E-state index is -1.47. The molecule has 7 nitrogen and oxygen atoms in total. The van der Waals surface area contributed by atoms with Crippen molar-refractivity contribution in [1.29, 1.82) is 0 Å². The first kappa shape index (κ1) is 13.0. The molecule has 19 heavy (non-hydrogen) atoms. The van der Waals surface area contributed by atoms with Gasteiger partial charge >= 0.3 is 11.8 Å². The van der Waals surface area contributed by atoms with Crippen molar-refractivity contribution in [2.75, 3.05) is 5.01 Å². The highest BCUT2D eigenvalue weighted by atomic mass is 19.1. The van der Waals surface area contributed by atoms with E-state index in [1.165, 1.54) is 6.07 Å². The average Bonchev–Trinajstić information content (AvgIpc) is 2.35. The fourth-order valence-corrected chi connectivity index (χ4v) is 1.86. The number of carboxylic acid groups (broad SMARTS) is 1. The Morgan fingerprint density at radius 1 is 1.58 bits per heavy atom. The van der Waals surface area contributed by atoms with E-state index in [0.717, 1.165) is 6.07 Å². The topological polar surface area (TPSA) is 112 Å². The maximum absolute atomic E-state index is 13.4. The molecule has 2 aromatic rings. The maximum Gasteiger partial charge on any atom is 0.427 e. The van der Waals surface area contributed by atoms with E-state index in [0.29, 0.717) is 22.4 Å². The zero-order chi connectivity index (χ0) is 14.2. The lowest BCUT2D eigenvalue weighted by Gasteiger charge is -2.15. The number of halogens is 1. The summed E-state index contributed by atoms with van der Waals surface area (Å²) in [5.41, 5.74) is -0.138. The van der Waals surface area contributed by atoms with E-state index in [4.69, 9.17) is 10.9 Å². The Balaban J connectivity index is 2.89. The van der Waals surface area contributed by atoms with Crippen molar-refractivity contribution in [1.82, 2.24) is 9.97 Å². The van der Waals surface area contributed by atoms with E-state index in [2.05, 4.69) is 9.97 Å². The smallest absolute Gasteiger partial charge is 0.427 e. The molecule has 100 valence electrons. The number of aromatic nitrogens is 2. The summed E-state index contributed by atoms with van der Waals surface area (Å²) in [4.78, 5) is 28.2. The third kappa shape index (κ3) is 2.25. The third-order valence-electron chi connectivity index (χ3n) is 2.67. The van der Waals surface area contributed by atoms with Gasteiger partial charge in [0, 0.05) is 5.39 Å².